The zero-order chi connectivity index (χ0) is 15.9. The van der Waals surface area contributed by atoms with Crippen molar-refractivity contribution in [2.75, 3.05) is 4.90 Å². The number of halogens is 3. The topological polar surface area (TPSA) is 80.0 Å². The van der Waals surface area contributed by atoms with Crippen molar-refractivity contribution in [3.8, 4) is 0 Å². The molecule has 1 fully saturated rings. The van der Waals surface area contributed by atoms with E-state index in [1.807, 2.05) is 17.0 Å². The van der Waals surface area contributed by atoms with Gasteiger partial charge in [-0.1, -0.05) is 22.4 Å². The summed E-state index contributed by atoms with van der Waals surface area (Å²) < 4.78 is 2.82. The number of hydrogen-bond acceptors (Lipinski definition) is 5. The number of nitrogens with zero attached hydrogens (tertiary/aromatic N) is 3. The molecule has 1 aliphatic carbocycles. The molecule has 0 aromatic heterocycles. The summed E-state index contributed by atoms with van der Waals surface area (Å²) in [7, 11) is 0. The van der Waals surface area contributed by atoms with E-state index in [-0.39, 0.29) is 5.96 Å². The third-order valence-corrected chi connectivity index (χ3v) is 5.72. The highest BCUT2D eigenvalue weighted by Crippen LogP contribution is 2.45. The molecule has 22 heavy (non-hydrogen) atoms. The van der Waals surface area contributed by atoms with E-state index in [1.54, 1.807) is 0 Å². The molecule has 3 rings (SSSR count). The molecule has 1 aromatic carbocycles. The fourth-order valence-electron chi connectivity index (χ4n) is 3.19. The van der Waals surface area contributed by atoms with E-state index in [9.17, 15) is 0 Å². The summed E-state index contributed by atoms with van der Waals surface area (Å²) >= 11 is 10.8. The van der Waals surface area contributed by atoms with Crippen LogP contribution < -0.4 is 16.4 Å². The Morgan fingerprint density at radius 3 is 2.18 bits per heavy atom. The maximum Gasteiger partial charge on any atom is 0.220 e. The van der Waals surface area contributed by atoms with Crippen molar-refractivity contribution in [1.82, 2.24) is 0 Å². The van der Waals surface area contributed by atoms with Crippen LogP contribution in [0.2, 0.25) is 0 Å². The van der Waals surface area contributed by atoms with Gasteiger partial charge in [0, 0.05) is 13.4 Å². The van der Waals surface area contributed by atoms with Crippen LogP contribution in [0.15, 0.2) is 35.5 Å². The molecule has 0 saturated heterocycles. The number of hydrogen-bond donors (Lipinski definition) is 2. The van der Waals surface area contributed by atoms with E-state index in [0.29, 0.717) is 5.96 Å². The lowest BCUT2D eigenvalue weighted by Gasteiger charge is -2.46. The molecule has 118 valence electrons. The molecule has 0 radical (unpaired) electrons. The normalized spacial score (nSPS) is 20.8. The van der Waals surface area contributed by atoms with Crippen LogP contribution in [0.4, 0.5) is 5.69 Å². The molecule has 1 heterocycles. The van der Waals surface area contributed by atoms with Gasteiger partial charge < -0.3 is 11.5 Å². The molecule has 2 aliphatic rings. The van der Waals surface area contributed by atoms with E-state index in [0.717, 1.165) is 44.8 Å². The van der Waals surface area contributed by atoms with E-state index >= 15 is 0 Å². The predicted octanol–water partition coefficient (Wildman–Crippen LogP) is 4.08. The lowest BCUT2D eigenvalue weighted by Crippen LogP contribution is -2.58. The van der Waals surface area contributed by atoms with E-state index < -0.39 is 5.66 Å². The second kappa shape index (κ2) is 6.13. The summed E-state index contributed by atoms with van der Waals surface area (Å²) in [5, 5.41) is 0. The van der Waals surface area contributed by atoms with Crippen LogP contribution in [0.3, 0.4) is 0 Å². The second-order valence-corrected chi connectivity index (χ2v) is 8.16. The van der Waals surface area contributed by atoms with E-state index in [1.165, 1.54) is 6.42 Å². The lowest BCUT2D eigenvalue weighted by atomic mass is 9.87. The summed E-state index contributed by atoms with van der Waals surface area (Å²) in [6, 6.07) is 3.98. The zero-order valence-corrected chi connectivity index (χ0v) is 16.6. The Bertz CT molecular complexity index is 641. The lowest BCUT2D eigenvalue weighted by molar-refractivity contribution is 0.305. The SMILES string of the molecule is NC1=NC2(CCCCC2)N(c2c(Br)cc(Br)cc2Br)C(N)=N1. The number of nitrogens with two attached hydrogens (primary N) is 2. The summed E-state index contributed by atoms with van der Waals surface area (Å²) in [6.45, 7) is 0. The van der Waals surface area contributed by atoms with Crippen LogP contribution in [0.5, 0.6) is 0 Å². The highest BCUT2D eigenvalue weighted by Gasteiger charge is 2.43. The van der Waals surface area contributed by atoms with Crippen molar-refractivity contribution in [3.05, 3.63) is 25.6 Å². The number of guanidine groups is 2. The number of rotatable bonds is 1. The first kappa shape index (κ1) is 16.3. The number of aliphatic imine (C=N–C) groups is 2. The highest BCUT2D eigenvalue weighted by molar-refractivity contribution is 9.11. The first-order chi connectivity index (χ1) is 10.4. The standard InChI is InChI=1S/C14H16Br3N5/c15-8-6-9(16)11(10(17)7-8)22-13(19)20-12(18)21-14(22)4-2-1-3-5-14/h6-7H,1-5H2,(H4,18,19,20,21). The first-order valence-corrected chi connectivity index (χ1v) is 9.45. The molecule has 5 nitrogen and oxygen atoms in total. The quantitative estimate of drug-likeness (QED) is 0.618. The minimum atomic E-state index is -0.437. The molecule has 4 N–H and O–H groups in total. The van der Waals surface area contributed by atoms with Gasteiger partial charge in [-0.25, -0.2) is 4.99 Å². The Kier molecular flexibility index (Phi) is 4.53. The zero-order valence-electron chi connectivity index (χ0n) is 11.8. The molecule has 8 heteroatoms. The van der Waals surface area contributed by atoms with Crippen molar-refractivity contribution in [2.45, 2.75) is 37.8 Å². The average molecular weight is 494 g/mol. The van der Waals surface area contributed by atoms with Gasteiger partial charge in [0.1, 0.15) is 5.66 Å². The van der Waals surface area contributed by atoms with Crippen LogP contribution >= 0.6 is 47.8 Å². The summed E-state index contributed by atoms with van der Waals surface area (Å²) in [4.78, 5) is 10.9. The van der Waals surface area contributed by atoms with Crippen LogP contribution in [-0.2, 0) is 0 Å². The van der Waals surface area contributed by atoms with E-state index in [4.69, 9.17) is 11.5 Å². The van der Waals surface area contributed by atoms with Gasteiger partial charge >= 0.3 is 0 Å². The molecule has 1 aliphatic heterocycles. The summed E-state index contributed by atoms with van der Waals surface area (Å²) in [5.74, 6) is 0.651. The Labute approximate surface area is 154 Å². The van der Waals surface area contributed by atoms with Crippen LogP contribution in [0.25, 0.3) is 0 Å². The van der Waals surface area contributed by atoms with Gasteiger partial charge in [-0.2, -0.15) is 4.99 Å². The number of anilines is 1. The fourth-order valence-corrected chi connectivity index (χ4v) is 5.81. The molecular weight excluding hydrogens is 478 g/mol. The van der Waals surface area contributed by atoms with Crippen LogP contribution in [0, 0.1) is 0 Å². The fraction of sp³-hybridized carbons (Fsp3) is 0.429. The minimum Gasteiger partial charge on any atom is -0.369 e. The van der Waals surface area contributed by atoms with Crippen LogP contribution in [0.1, 0.15) is 32.1 Å². The van der Waals surface area contributed by atoms with Gasteiger partial charge in [-0.15, -0.1) is 0 Å². The van der Waals surface area contributed by atoms with Crippen molar-refractivity contribution in [2.24, 2.45) is 21.5 Å². The van der Waals surface area contributed by atoms with Crippen molar-refractivity contribution in [3.63, 3.8) is 0 Å². The van der Waals surface area contributed by atoms with Gasteiger partial charge in [0.2, 0.25) is 11.9 Å². The molecule has 0 unspecified atom stereocenters. The van der Waals surface area contributed by atoms with Crippen molar-refractivity contribution >= 4 is 65.4 Å². The Balaban J connectivity index is 2.16. The number of benzene rings is 1. The Hall–Kier alpha value is -0.600. The molecule has 1 aromatic rings. The Morgan fingerprint density at radius 1 is 1.00 bits per heavy atom. The molecule has 0 bridgehead atoms. The maximum atomic E-state index is 6.24. The molecule has 0 atom stereocenters. The van der Waals surface area contributed by atoms with Gasteiger partial charge in [-0.3, -0.25) is 4.90 Å². The smallest absolute Gasteiger partial charge is 0.220 e. The second-order valence-electron chi connectivity index (χ2n) is 5.54. The largest absolute Gasteiger partial charge is 0.369 e. The third kappa shape index (κ3) is 2.80. The average Bonchev–Trinajstić information content (AvgIpc) is 2.41. The maximum absolute atomic E-state index is 6.24. The van der Waals surface area contributed by atoms with Gasteiger partial charge in [0.15, 0.2) is 0 Å². The molecule has 1 saturated carbocycles. The van der Waals surface area contributed by atoms with Crippen LogP contribution in [-0.4, -0.2) is 17.6 Å². The van der Waals surface area contributed by atoms with Gasteiger partial charge in [0.05, 0.1) is 5.69 Å². The van der Waals surface area contributed by atoms with Crippen molar-refractivity contribution in [1.29, 1.82) is 0 Å². The minimum absolute atomic E-state index is 0.264. The predicted molar refractivity (Wildman–Crippen MR) is 101 cm³/mol. The van der Waals surface area contributed by atoms with Gasteiger partial charge in [0.25, 0.3) is 0 Å². The van der Waals surface area contributed by atoms with Crippen molar-refractivity contribution < 1.29 is 0 Å². The Morgan fingerprint density at radius 2 is 1.59 bits per heavy atom. The summed E-state index contributed by atoms with van der Waals surface area (Å²) in [5.41, 5.74) is 12.6. The first-order valence-electron chi connectivity index (χ1n) is 7.07. The van der Waals surface area contributed by atoms with E-state index in [2.05, 4.69) is 57.8 Å². The molecule has 1 spiro atoms. The van der Waals surface area contributed by atoms with Gasteiger partial charge in [-0.05, 0) is 69.7 Å². The monoisotopic (exact) mass is 491 g/mol. The third-order valence-electron chi connectivity index (χ3n) is 4.06. The summed E-state index contributed by atoms with van der Waals surface area (Å²) in [6.07, 6.45) is 5.25. The highest BCUT2D eigenvalue weighted by atomic mass is 79.9. The molecule has 0 amide bonds. The molecular formula is C14H16Br3N5.